The van der Waals surface area contributed by atoms with Gasteiger partial charge in [0, 0.05) is 0 Å². The van der Waals surface area contributed by atoms with E-state index in [1.807, 2.05) is 0 Å². The first kappa shape index (κ1) is 11.3. The summed E-state index contributed by atoms with van der Waals surface area (Å²) in [5.41, 5.74) is 2.70. The summed E-state index contributed by atoms with van der Waals surface area (Å²) in [6, 6.07) is 0. The molecule has 0 amide bonds. The number of hydrogen-bond acceptors (Lipinski definition) is 0. The molecular formula is C14H22. The zero-order valence-electron chi connectivity index (χ0n) is 9.77. The maximum atomic E-state index is 4.17. The summed E-state index contributed by atoms with van der Waals surface area (Å²) in [6.45, 7) is 19.0. The van der Waals surface area contributed by atoms with Crippen LogP contribution in [0.1, 0.15) is 33.6 Å². The molecule has 1 aliphatic carbocycles. The van der Waals surface area contributed by atoms with Gasteiger partial charge in [0.15, 0.2) is 0 Å². The largest absolute Gasteiger partial charge is 0.103 e. The minimum atomic E-state index is 0.207. The Morgan fingerprint density at radius 3 is 2.43 bits per heavy atom. The Labute approximate surface area is 88.4 Å². The van der Waals surface area contributed by atoms with Crippen LogP contribution in [-0.4, -0.2) is 0 Å². The van der Waals surface area contributed by atoms with Crippen molar-refractivity contribution in [3.05, 3.63) is 37.0 Å². The number of allylic oxidation sites excluding steroid dienone is 3. The zero-order chi connectivity index (χ0) is 10.9. The molecule has 0 aromatic carbocycles. The van der Waals surface area contributed by atoms with Crippen LogP contribution in [0.4, 0.5) is 0 Å². The van der Waals surface area contributed by atoms with Crippen LogP contribution in [0.15, 0.2) is 37.0 Å². The quantitative estimate of drug-likeness (QED) is 0.568. The van der Waals surface area contributed by atoms with Gasteiger partial charge in [-0.05, 0) is 41.2 Å². The standard InChI is InChI=1S/C14H22/c1-7-13-9-14(6,8-2)12(5)10(3)11(13)4/h8,12-13H,2-4,7,9H2,1,5-6H3. The van der Waals surface area contributed by atoms with Crippen LogP contribution < -0.4 is 0 Å². The molecule has 0 bridgehead atoms. The summed E-state index contributed by atoms with van der Waals surface area (Å²) in [6.07, 6.45) is 4.43. The molecule has 3 atom stereocenters. The smallest absolute Gasteiger partial charge is 0.00775 e. The van der Waals surface area contributed by atoms with Crippen LogP contribution in [0.3, 0.4) is 0 Å². The molecule has 0 saturated heterocycles. The van der Waals surface area contributed by atoms with Crippen LogP contribution in [0.25, 0.3) is 0 Å². The molecule has 0 nitrogen and oxygen atoms in total. The van der Waals surface area contributed by atoms with Gasteiger partial charge in [0.2, 0.25) is 0 Å². The van der Waals surface area contributed by atoms with Gasteiger partial charge in [0.1, 0.15) is 0 Å². The van der Waals surface area contributed by atoms with Crippen molar-refractivity contribution in [2.24, 2.45) is 17.3 Å². The minimum Gasteiger partial charge on any atom is -0.103 e. The highest BCUT2D eigenvalue weighted by atomic mass is 14.4. The van der Waals surface area contributed by atoms with E-state index in [4.69, 9.17) is 0 Å². The SMILES string of the molecule is C=CC1(C)CC(CC)C(=C)C(=C)C1C. The first-order valence-corrected chi connectivity index (χ1v) is 5.47. The van der Waals surface area contributed by atoms with E-state index in [9.17, 15) is 0 Å². The van der Waals surface area contributed by atoms with Crippen LogP contribution in [-0.2, 0) is 0 Å². The molecule has 78 valence electrons. The Balaban J connectivity index is 3.01. The third-order valence-corrected chi connectivity index (χ3v) is 4.06. The molecule has 1 saturated carbocycles. The summed E-state index contributed by atoms with van der Waals surface area (Å²) in [4.78, 5) is 0. The lowest BCUT2D eigenvalue weighted by Gasteiger charge is -2.44. The first-order chi connectivity index (χ1) is 6.46. The molecule has 0 heterocycles. The summed E-state index contributed by atoms with van der Waals surface area (Å²) in [5, 5.41) is 0. The fraction of sp³-hybridized carbons (Fsp3) is 0.571. The average molecular weight is 190 g/mol. The summed E-state index contributed by atoms with van der Waals surface area (Å²) >= 11 is 0. The summed E-state index contributed by atoms with van der Waals surface area (Å²) in [5.74, 6) is 1.08. The van der Waals surface area contributed by atoms with E-state index in [0.717, 1.165) is 6.42 Å². The van der Waals surface area contributed by atoms with Gasteiger partial charge in [-0.25, -0.2) is 0 Å². The van der Waals surface area contributed by atoms with Gasteiger partial charge in [0.05, 0.1) is 0 Å². The Hall–Kier alpha value is -0.780. The Morgan fingerprint density at radius 2 is 2.00 bits per heavy atom. The van der Waals surface area contributed by atoms with Crippen molar-refractivity contribution in [2.75, 3.05) is 0 Å². The van der Waals surface area contributed by atoms with Gasteiger partial charge in [-0.2, -0.15) is 0 Å². The zero-order valence-corrected chi connectivity index (χ0v) is 9.77. The second-order valence-corrected chi connectivity index (χ2v) is 4.79. The van der Waals surface area contributed by atoms with E-state index in [2.05, 4.69) is 46.6 Å². The van der Waals surface area contributed by atoms with Crippen molar-refractivity contribution in [3.8, 4) is 0 Å². The monoisotopic (exact) mass is 190 g/mol. The lowest BCUT2D eigenvalue weighted by molar-refractivity contribution is 0.224. The van der Waals surface area contributed by atoms with Crippen molar-refractivity contribution in [1.29, 1.82) is 0 Å². The van der Waals surface area contributed by atoms with Gasteiger partial charge in [-0.3, -0.25) is 0 Å². The molecular weight excluding hydrogens is 168 g/mol. The molecule has 1 rings (SSSR count). The highest BCUT2D eigenvalue weighted by molar-refractivity contribution is 5.35. The van der Waals surface area contributed by atoms with Gasteiger partial charge < -0.3 is 0 Å². The highest BCUT2D eigenvalue weighted by Crippen LogP contribution is 2.49. The van der Waals surface area contributed by atoms with Gasteiger partial charge in [-0.1, -0.05) is 40.0 Å². The normalized spacial score (nSPS) is 38.5. The van der Waals surface area contributed by atoms with Crippen molar-refractivity contribution in [2.45, 2.75) is 33.6 Å². The molecule has 1 fully saturated rings. The van der Waals surface area contributed by atoms with E-state index in [-0.39, 0.29) is 5.41 Å². The molecule has 0 aromatic heterocycles. The fourth-order valence-corrected chi connectivity index (χ4v) is 2.42. The summed E-state index contributed by atoms with van der Waals surface area (Å²) in [7, 11) is 0. The topological polar surface area (TPSA) is 0 Å². The van der Waals surface area contributed by atoms with Crippen molar-refractivity contribution >= 4 is 0 Å². The lowest BCUT2D eigenvalue weighted by Crippen LogP contribution is -2.33. The van der Waals surface area contributed by atoms with Crippen LogP contribution in [0.2, 0.25) is 0 Å². The summed E-state index contributed by atoms with van der Waals surface area (Å²) < 4.78 is 0. The third-order valence-electron chi connectivity index (χ3n) is 4.06. The molecule has 0 aliphatic heterocycles. The predicted octanol–water partition coefficient (Wildman–Crippen LogP) is 4.36. The first-order valence-electron chi connectivity index (χ1n) is 5.47. The molecule has 0 radical (unpaired) electrons. The molecule has 0 N–H and O–H groups in total. The van der Waals surface area contributed by atoms with Crippen LogP contribution in [0, 0.1) is 17.3 Å². The average Bonchev–Trinajstić information content (AvgIpc) is 2.20. The second kappa shape index (κ2) is 3.76. The minimum absolute atomic E-state index is 0.207. The Kier molecular flexibility index (Phi) is 3.04. The van der Waals surface area contributed by atoms with E-state index in [1.165, 1.54) is 17.6 Å². The third kappa shape index (κ3) is 1.58. The van der Waals surface area contributed by atoms with E-state index in [1.54, 1.807) is 0 Å². The van der Waals surface area contributed by atoms with E-state index in [0.29, 0.717) is 11.8 Å². The Morgan fingerprint density at radius 1 is 1.43 bits per heavy atom. The molecule has 0 aromatic rings. The maximum Gasteiger partial charge on any atom is -0.00775 e. The predicted molar refractivity (Wildman–Crippen MR) is 64.1 cm³/mol. The molecule has 14 heavy (non-hydrogen) atoms. The lowest BCUT2D eigenvalue weighted by atomic mass is 9.61. The van der Waals surface area contributed by atoms with Gasteiger partial charge in [-0.15, -0.1) is 6.58 Å². The van der Waals surface area contributed by atoms with Gasteiger partial charge >= 0.3 is 0 Å². The highest BCUT2D eigenvalue weighted by Gasteiger charge is 2.38. The Bertz CT molecular complexity index is 272. The second-order valence-electron chi connectivity index (χ2n) is 4.79. The number of rotatable bonds is 2. The van der Waals surface area contributed by atoms with Crippen molar-refractivity contribution < 1.29 is 0 Å². The van der Waals surface area contributed by atoms with Crippen molar-refractivity contribution in [3.63, 3.8) is 0 Å². The maximum absolute atomic E-state index is 4.17. The van der Waals surface area contributed by atoms with Crippen molar-refractivity contribution in [1.82, 2.24) is 0 Å². The molecule has 0 heteroatoms. The van der Waals surface area contributed by atoms with Crippen LogP contribution >= 0.6 is 0 Å². The molecule has 1 aliphatic rings. The van der Waals surface area contributed by atoms with E-state index < -0.39 is 0 Å². The molecule has 0 spiro atoms. The molecule has 3 unspecified atom stereocenters. The fourth-order valence-electron chi connectivity index (χ4n) is 2.42. The number of hydrogen-bond donors (Lipinski definition) is 0. The van der Waals surface area contributed by atoms with E-state index >= 15 is 0 Å². The van der Waals surface area contributed by atoms with Gasteiger partial charge in [0.25, 0.3) is 0 Å². The van der Waals surface area contributed by atoms with Crippen LogP contribution in [0.5, 0.6) is 0 Å².